The lowest BCUT2D eigenvalue weighted by Gasteiger charge is -2.17. The fraction of sp³-hybridized carbons (Fsp3) is 0. The zero-order valence-electron chi connectivity index (χ0n) is 37.2. The van der Waals surface area contributed by atoms with Gasteiger partial charge in [-0.2, -0.15) is 0 Å². The summed E-state index contributed by atoms with van der Waals surface area (Å²) in [6, 6.07) is 95.0. The number of hydrogen-bond acceptors (Lipinski definition) is 0. The predicted molar refractivity (Wildman–Crippen MR) is 292 cm³/mol. The van der Waals surface area contributed by atoms with Crippen LogP contribution < -0.4 is 0 Å². The van der Waals surface area contributed by atoms with Gasteiger partial charge < -0.3 is 0 Å². The molecule has 0 fully saturated rings. The van der Waals surface area contributed by atoms with E-state index in [2.05, 4.69) is 255 Å². The fourth-order valence-corrected chi connectivity index (χ4v) is 11.1. The van der Waals surface area contributed by atoms with Crippen molar-refractivity contribution in [1.82, 2.24) is 0 Å². The van der Waals surface area contributed by atoms with Crippen LogP contribution in [0.4, 0.5) is 0 Å². The number of benzene rings is 14. The van der Waals surface area contributed by atoms with Crippen LogP contribution in [0.25, 0.3) is 143 Å². The Morgan fingerprint density at radius 1 is 0.118 bits per heavy atom. The molecular formula is C68H42. The van der Waals surface area contributed by atoms with Crippen LogP contribution in [0.1, 0.15) is 0 Å². The first-order chi connectivity index (χ1) is 33.6. The third kappa shape index (κ3) is 6.45. The monoisotopic (exact) mass is 858 g/mol. The van der Waals surface area contributed by atoms with Crippen LogP contribution >= 0.6 is 0 Å². The summed E-state index contributed by atoms with van der Waals surface area (Å²) in [5, 5.41) is 15.5. The van der Waals surface area contributed by atoms with E-state index in [1.807, 2.05) is 0 Å². The van der Waals surface area contributed by atoms with Gasteiger partial charge in [0.2, 0.25) is 0 Å². The van der Waals surface area contributed by atoms with Gasteiger partial charge in [0.15, 0.2) is 0 Å². The maximum Gasteiger partial charge on any atom is -0.00264 e. The Kier molecular flexibility index (Phi) is 8.69. The molecule has 0 saturated carbocycles. The minimum Gasteiger partial charge on any atom is -0.0622 e. The summed E-state index contributed by atoms with van der Waals surface area (Å²) < 4.78 is 0. The second-order valence-corrected chi connectivity index (χ2v) is 18.5. The molecule has 0 heterocycles. The van der Waals surface area contributed by atoms with Gasteiger partial charge in [0.05, 0.1) is 0 Å². The summed E-state index contributed by atoms with van der Waals surface area (Å²) in [5.74, 6) is 0. The molecule has 0 nitrogen and oxygen atoms in total. The number of hydrogen-bond donors (Lipinski definition) is 0. The maximum absolute atomic E-state index is 2.42. The largest absolute Gasteiger partial charge is 0.0622 e. The Balaban J connectivity index is 0.984. The van der Waals surface area contributed by atoms with Gasteiger partial charge in [-0.25, -0.2) is 0 Å². The van der Waals surface area contributed by atoms with Crippen LogP contribution in [0, 0.1) is 0 Å². The molecule has 0 spiro atoms. The minimum absolute atomic E-state index is 1.18. The predicted octanol–water partition coefficient (Wildman–Crippen LogP) is 19.2. The van der Waals surface area contributed by atoms with Crippen molar-refractivity contribution in [2.45, 2.75) is 0 Å². The zero-order valence-corrected chi connectivity index (χ0v) is 37.2. The molecule has 68 heavy (non-hydrogen) atoms. The highest BCUT2D eigenvalue weighted by Crippen LogP contribution is 2.43. The van der Waals surface area contributed by atoms with Gasteiger partial charge in [0.25, 0.3) is 0 Å². The molecular weight excluding hydrogens is 817 g/mol. The molecule has 0 N–H and O–H groups in total. The van der Waals surface area contributed by atoms with Crippen molar-refractivity contribution in [3.05, 3.63) is 255 Å². The zero-order chi connectivity index (χ0) is 44.7. The maximum atomic E-state index is 2.42. The molecule has 0 aliphatic heterocycles. The van der Waals surface area contributed by atoms with Crippen molar-refractivity contribution in [3.63, 3.8) is 0 Å². The second-order valence-electron chi connectivity index (χ2n) is 18.5. The van der Waals surface area contributed by atoms with E-state index >= 15 is 0 Å². The van der Waals surface area contributed by atoms with Crippen LogP contribution in [0.3, 0.4) is 0 Å². The van der Waals surface area contributed by atoms with Gasteiger partial charge in [0, 0.05) is 0 Å². The van der Waals surface area contributed by atoms with Crippen molar-refractivity contribution in [3.8, 4) is 77.9 Å². The van der Waals surface area contributed by atoms with Crippen molar-refractivity contribution in [1.29, 1.82) is 0 Å². The molecule has 0 radical (unpaired) electrons. The summed E-state index contributed by atoms with van der Waals surface area (Å²) in [5.41, 5.74) is 16.7. The van der Waals surface area contributed by atoms with Crippen LogP contribution in [-0.2, 0) is 0 Å². The lowest BCUT2D eigenvalue weighted by molar-refractivity contribution is 1.55. The standard InChI is InChI=1S/C68H42/c1-3-9-43(10-4-1)45-17-21-47(22-18-45)57-37-58(48-23-19-46(20-24-48)44-11-5-2-6-12-44)39-61(38-57)64-41-62(59-33-53-29-25-49-13-7-14-50-26-30-54(34-59)67(53)65(49)50)40-63(42-64)60-35-55-31-27-51-15-8-16-52-28-32-56(36-60)68(55)66(51)52/h1-42H. The van der Waals surface area contributed by atoms with Crippen LogP contribution in [0.5, 0.6) is 0 Å². The Morgan fingerprint density at radius 2 is 0.324 bits per heavy atom. The molecule has 0 aromatic heterocycles. The van der Waals surface area contributed by atoms with E-state index < -0.39 is 0 Å². The van der Waals surface area contributed by atoms with Gasteiger partial charge in [-0.15, -0.1) is 0 Å². The highest BCUT2D eigenvalue weighted by atomic mass is 14.2. The average Bonchev–Trinajstić information content (AvgIpc) is 3.42. The Bertz CT molecular complexity index is 3800. The molecule has 14 aromatic rings. The van der Waals surface area contributed by atoms with Gasteiger partial charge in [-0.1, -0.05) is 194 Å². The topological polar surface area (TPSA) is 0 Å². The Morgan fingerprint density at radius 3 is 0.618 bits per heavy atom. The van der Waals surface area contributed by atoms with E-state index in [9.17, 15) is 0 Å². The van der Waals surface area contributed by atoms with Crippen molar-refractivity contribution in [2.75, 3.05) is 0 Å². The molecule has 0 atom stereocenters. The average molecular weight is 859 g/mol. The molecule has 0 unspecified atom stereocenters. The van der Waals surface area contributed by atoms with Crippen molar-refractivity contribution in [2.24, 2.45) is 0 Å². The Labute approximate surface area is 395 Å². The lowest BCUT2D eigenvalue weighted by Crippen LogP contribution is -1.91. The van der Waals surface area contributed by atoms with Crippen LogP contribution in [-0.4, -0.2) is 0 Å². The molecule has 0 heteroatoms. The number of rotatable bonds is 7. The van der Waals surface area contributed by atoms with Crippen molar-refractivity contribution < 1.29 is 0 Å². The first kappa shape index (κ1) is 38.4. The van der Waals surface area contributed by atoms with Gasteiger partial charge in [0.1, 0.15) is 0 Å². The van der Waals surface area contributed by atoms with Gasteiger partial charge in [-0.05, 0) is 203 Å². The highest BCUT2D eigenvalue weighted by Gasteiger charge is 2.17. The molecule has 0 aliphatic rings. The summed E-state index contributed by atoms with van der Waals surface area (Å²) in [4.78, 5) is 0. The summed E-state index contributed by atoms with van der Waals surface area (Å²) in [6.07, 6.45) is 0. The molecule has 0 amide bonds. The van der Waals surface area contributed by atoms with E-state index in [-0.39, 0.29) is 0 Å². The van der Waals surface area contributed by atoms with E-state index in [1.165, 1.54) is 143 Å². The van der Waals surface area contributed by atoms with E-state index in [4.69, 9.17) is 0 Å². The van der Waals surface area contributed by atoms with Crippen LogP contribution in [0.15, 0.2) is 255 Å². The summed E-state index contributed by atoms with van der Waals surface area (Å²) >= 11 is 0. The quantitative estimate of drug-likeness (QED) is 0.140. The van der Waals surface area contributed by atoms with Gasteiger partial charge >= 0.3 is 0 Å². The molecule has 0 saturated heterocycles. The molecule has 314 valence electrons. The smallest absolute Gasteiger partial charge is 0.00264 e. The summed E-state index contributed by atoms with van der Waals surface area (Å²) in [7, 11) is 0. The molecule has 14 aromatic carbocycles. The molecule has 0 bridgehead atoms. The second kappa shape index (κ2) is 15.4. The third-order valence-corrected chi connectivity index (χ3v) is 14.4. The first-order valence-electron chi connectivity index (χ1n) is 23.6. The third-order valence-electron chi connectivity index (χ3n) is 14.4. The summed E-state index contributed by atoms with van der Waals surface area (Å²) in [6.45, 7) is 0. The van der Waals surface area contributed by atoms with Gasteiger partial charge in [-0.3, -0.25) is 0 Å². The highest BCUT2D eigenvalue weighted by molar-refractivity contribution is 6.25. The van der Waals surface area contributed by atoms with Crippen LogP contribution in [0.2, 0.25) is 0 Å². The SMILES string of the molecule is c1ccc(-c2ccc(-c3cc(-c4ccc(-c5ccccc5)cc4)cc(-c4cc(-c5cc6ccc7cccc8ccc(c5)c6c78)cc(-c5cc6ccc7cccc8ccc(c5)c6c78)c4)c3)cc2)cc1. The Hall–Kier alpha value is -8.84. The minimum atomic E-state index is 1.18. The van der Waals surface area contributed by atoms with Crippen molar-refractivity contribution >= 4 is 64.6 Å². The molecule has 0 aliphatic carbocycles. The fourth-order valence-electron chi connectivity index (χ4n) is 11.1. The van der Waals surface area contributed by atoms with E-state index in [0.717, 1.165) is 0 Å². The van der Waals surface area contributed by atoms with E-state index in [0.29, 0.717) is 0 Å². The first-order valence-corrected chi connectivity index (χ1v) is 23.6. The normalized spacial score (nSPS) is 11.8. The van der Waals surface area contributed by atoms with E-state index in [1.54, 1.807) is 0 Å². The molecule has 14 rings (SSSR count). The lowest BCUT2D eigenvalue weighted by atomic mass is 9.87.